The van der Waals surface area contributed by atoms with Gasteiger partial charge in [0.2, 0.25) is 0 Å². The quantitative estimate of drug-likeness (QED) is 0.789. The Balaban J connectivity index is 2.39. The third-order valence-electron chi connectivity index (χ3n) is 3.48. The first kappa shape index (κ1) is 14.8. The highest BCUT2D eigenvalue weighted by atomic mass is 35.5. The minimum atomic E-state index is -0.965. The molecule has 0 saturated heterocycles. The number of thiophene rings is 1. The van der Waals surface area contributed by atoms with Gasteiger partial charge in [-0.1, -0.05) is 18.5 Å². The van der Waals surface area contributed by atoms with Gasteiger partial charge in [0.25, 0.3) is 5.56 Å². The zero-order chi connectivity index (χ0) is 15.9. The van der Waals surface area contributed by atoms with Gasteiger partial charge in [-0.05, 0) is 42.3 Å². The number of aromatic carboxylic acids is 1. The molecule has 0 aliphatic heterocycles. The maximum absolute atomic E-state index is 12.3. The molecule has 6 heteroatoms. The van der Waals surface area contributed by atoms with Crippen molar-refractivity contribution in [1.82, 2.24) is 4.57 Å². The normalized spacial score (nSPS) is 11.0. The Morgan fingerprint density at radius 3 is 2.50 bits per heavy atom. The molecule has 22 heavy (non-hydrogen) atoms. The molecular formula is C16H12ClNO3S. The van der Waals surface area contributed by atoms with E-state index in [2.05, 4.69) is 0 Å². The summed E-state index contributed by atoms with van der Waals surface area (Å²) in [6.07, 6.45) is 0.598. The van der Waals surface area contributed by atoms with Crippen LogP contribution in [0.1, 0.15) is 22.2 Å². The molecule has 3 rings (SSSR count). The van der Waals surface area contributed by atoms with Gasteiger partial charge >= 0.3 is 5.97 Å². The smallest absolute Gasteiger partial charge is 0.346 e. The summed E-state index contributed by atoms with van der Waals surface area (Å²) in [5.74, 6) is -0.965. The molecule has 0 fully saturated rings. The predicted molar refractivity (Wildman–Crippen MR) is 88.8 cm³/mol. The Hall–Kier alpha value is -2.11. The lowest BCUT2D eigenvalue weighted by atomic mass is 10.1. The number of aromatic nitrogens is 1. The Kier molecular flexibility index (Phi) is 3.76. The Labute approximate surface area is 135 Å². The van der Waals surface area contributed by atoms with Crippen molar-refractivity contribution in [3.63, 3.8) is 0 Å². The van der Waals surface area contributed by atoms with E-state index >= 15 is 0 Å². The number of rotatable bonds is 3. The zero-order valence-corrected chi connectivity index (χ0v) is 13.2. The summed E-state index contributed by atoms with van der Waals surface area (Å²) >= 11 is 7.01. The van der Waals surface area contributed by atoms with Crippen LogP contribution in [0.2, 0.25) is 5.02 Å². The van der Waals surface area contributed by atoms with Gasteiger partial charge < -0.3 is 5.11 Å². The monoisotopic (exact) mass is 333 g/mol. The van der Waals surface area contributed by atoms with Crippen LogP contribution in [-0.2, 0) is 6.42 Å². The third kappa shape index (κ3) is 2.32. The van der Waals surface area contributed by atoms with E-state index in [4.69, 9.17) is 11.6 Å². The first-order valence-electron chi connectivity index (χ1n) is 6.69. The number of nitrogens with zero attached hydrogens (tertiary/aromatic N) is 1. The van der Waals surface area contributed by atoms with Gasteiger partial charge in [-0.25, -0.2) is 4.79 Å². The Morgan fingerprint density at radius 1 is 1.23 bits per heavy atom. The van der Waals surface area contributed by atoms with Gasteiger partial charge in [-0.3, -0.25) is 9.36 Å². The largest absolute Gasteiger partial charge is 0.477 e. The van der Waals surface area contributed by atoms with Crippen molar-refractivity contribution in [2.75, 3.05) is 0 Å². The molecule has 0 amide bonds. The van der Waals surface area contributed by atoms with E-state index in [9.17, 15) is 14.7 Å². The summed E-state index contributed by atoms with van der Waals surface area (Å²) in [6, 6.07) is 10.1. The average molecular weight is 334 g/mol. The van der Waals surface area contributed by atoms with Crippen LogP contribution in [0.4, 0.5) is 0 Å². The van der Waals surface area contributed by atoms with E-state index in [1.165, 1.54) is 10.6 Å². The first-order valence-corrected chi connectivity index (χ1v) is 7.89. The molecule has 0 spiro atoms. The summed E-state index contributed by atoms with van der Waals surface area (Å²) in [7, 11) is 0. The number of fused-ring (bicyclic) bond motifs is 1. The van der Waals surface area contributed by atoms with Crippen molar-refractivity contribution < 1.29 is 9.90 Å². The summed E-state index contributed by atoms with van der Waals surface area (Å²) in [4.78, 5) is 24.6. The lowest BCUT2D eigenvalue weighted by Crippen LogP contribution is -2.16. The van der Waals surface area contributed by atoms with Crippen LogP contribution in [0.5, 0.6) is 0 Å². The van der Waals surface area contributed by atoms with E-state index < -0.39 is 5.97 Å². The summed E-state index contributed by atoms with van der Waals surface area (Å²) < 4.78 is 1.53. The zero-order valence-electron chi connectivity index (χ0n) is 11.7. The van der Waals surface area contributed by atoms with E-state index in [1.807, 2.05) is 6.92 Å². The van der Waals surface area contributed by atoms with Gasteiger partial charge in [0.05, 0.1) is 5.69 Å². The highest BCUT2D eigenvalue weighted by Gasteiger charge is 2.19. The SMILES string of the molecule is CCc1c(C(=O)O)sc2c1ccc(=O)n2-c1ccc(Cl)cc1. The predicted octanol–water partition coefficient (Wildman–Crippen LogP) is 3.97. The number of benzene rings is 1. The molecule has 0 bridgehead atoms. The molecule has 1 N–H and O–H groups in total. The van der Waals surface area contributed by atoms with Gasteiger partial charge in [-0.15, -0.1) is 11.3 Å². The number of hydrogen-bond donors (Lipinski definition) is 1. The molecule has 3 aromatic rings. The molecule has 2 heterocycles. The van der Waals surface area contributed by atoms with Gasteiger partial charge in [0.1, 0.15) is 9.71 Å². The maximum atomic E-state index is 12.3. The molecule has 112 valence electrons. The number of halogens is 1. The topological polar surface area (TPSA) is 59.3 Å². The van der Waals surface area contributed by atoms with Crippen LogP contribution in [0.3, 0.4) is 0 Å². The van der Waals surface area contributed by atoms with Crippen LogP contribution < -0.4 is 5.56 Å². The first-order chi connectivity index (χ1) is 10.5. The lowest BCUT2D eigenvalue weighted by Gasteiger charge is -2.07. The minimum Gasteiger partial charge on any atom is -0.477 e. The number of hydrogen-bond acceptors (Lipinski definition) is 3. The van der Waals surface area contributed by atoms with Crippen molar-refractivity contribution in [1.29, 1.82) is 0 Å². The Morgan fingerprint density at radius 2 is 1.91 bits per heavy atom. The summed E-state index contributed by atoms with van der Waals surface area (Å²) in [5, 5.41) is 10.8. The van der Waals surface area contributed by atoms with Crippen LogP contribution in [0, 0.1) is 0 Å². The maximum Gasteiger partial charge on any atom is 0.346 e. The fraction of sp³-hybridized carbons (Fsp3) is 0.125. The van der Waals surface area contributed by atoms with Crippen molar-refractivity contribution in [2.24, 2.45) is 0 Å². The number of aryl methyl sites for hydroxylation is 1. The second kappa shape index (κ2) is 5.59. The van der Waals surface area contributed by atoms with Crippen LogP contribution >= 0.6 is 22.9 Å². The second-order valence-corrected chi connectivity index (χ2v) is 6.21. The number of carbonyl (C=O) groups is 1. The van der Waals surface area contributed by atoms with E-state index in [0.29, 0.717) is 22.0 Å². The fourth-order valence-corrected chi connectivity index (χ4v) is 3.86. The Bertz CT molecular complexity index is 925. The number of carboxylic acid groups (broad SMARTS) is 1. The molecular weight excluding hydrogens is 322 g/mol. The van der Waals surface area contributed by atoms with Crippen LogP contribution in [-0.4, -0.2) is 15.6 Å². The molecule has 0 unspecified atom stereocenters. The molecule has 2 aromatic heterocycles. The van der Waals surface area contributed by atoms with Gasteiger partial charge in [0.15, 0.2) is 0 Å². The van der Waals surface area contributed by atoms with Gasteiger partial charge in [-0.2, -0.15) is 0 Å². The van der Waals surface area contributed by atoms with Crippen molar-refractivity contribution in [3.05, 3.63) is 62.2 Å². The number of carboxylic acids is 1. The molecule has 0 atom stereocenters. The van der Waals surface area contributed by atoms with Crippen molar-refractivity contribution >= 4 is 39.1 Å². The minimum absolute atomic E-state index is 0.198. The lowest BCUT2D eigenvalue weighted by molar-refractivity contribution is 0.0701. The standard InChI is InChI=1S/C16H12ClNO3S/c1-2-11-12-7-8-13(19)18(10-5-3-9(17)4-6-10)15(12)22-14(11)16(20)21/h3-8H,2H2,1H3,(H,20,21). The van der Waals surface area contributed by atoms with Crippen LogP contribution in [0.15, 0.2) is 41.2 Å². The van der Waals surface area contributed by atoms with Gasteiger partial charge in [0, 0.05) is 16.5 Å². The third-order valence-corrected chi connectivity index (χ3v) is 4.95. The molecule has 0 saturated carbocycles. The van der Waals surface area contributed by atoms with E-state index in [-0.39, 0.29) is 10.4 Å². The van der Waals surface area contributed by atoms with E-state index in [1.54, 1.807) is 30.3 Å². The molecule has 0 radical (unpaired) electrons. The summed E-state index contributed by atoms with van der Waals surface area (Å²) in [5.41, 5.74) is 1.23. The molecule has 1 aromatic carbocycles. The highest BCUT2D eigenvalue weighted by molar-refractivity contribution is 7.20. The van der Waals surface area contributed by atoms with Crippen LogP contribution in [0.25, 0.3) is 15.9 Å². The summed E-state index contributed by atoms with van der Waals surface area (Å²) in [6.45, 7) is 1.91. The molecule has 4 nitrogen and oxygen atoms in total. The molecule has 0 aliphatic carbocycles. The van der Waals surface area contributed by atoms with Crippen molar-refractivity contribution in [2.45, 2.75) is 13.3 Å². The second-order valence-electron chi connectivity index (χ2n) is 4.77. The van der Waals surface area contributed by atoms with E-state index in [0.717, 1.165) is 22.3 Å². The highest BCUT2D eigenvalue weighted by Crippen LogP contribution is 2.32. The van der Waals surface area contributed by atoms with Crippen molar-refractivity contribution in [3.8, 4) is 5.69 Å². The fourth-order valence-electron chi connectivity index (χ4n) is 2.49. The number of pyridine rings is 1. The molecule has 0 aliphatic rings. The average Bonchev–Trinajstić information content (AvgIpc) is 2.87.